The Morgan fingerprint density at radius 1 is 1.28 bits per heavy atom. The summed E-state index contributed by atoms with van der Waals surface area (Å²) in [5.74, 6) is 0.557. The lowest BCUT2D eigenvalue weighted by Gasteiger charge is -2.29. The van der Waals surface area contributed by atoms with Gasteiger partial charge in [0.15, 0.2) is 5.96 Å². The largest absolute Gasteiger partial charge is 0.466 e. The van der Waals surface area contributed by atoms with Crippen LogP contribution in [0.4, 0.5) is 0 Å². The summed E-state index contributed by atoms with van der Waals surface area (Å²) in [6.07, 6.45) is 3.35. The monoisotopic (exact) mass is 558 g/mol. The molecule has 0 unspecified atom stereocenters. The zero-order valence-electron chi connectivity index (χ0n) is 16.8. The Kier molecular flexibility index (Phi) is 12.1. The van der Waals surface area contributed by atoms with Crippen molar-refractivity contribution in [2.75, 3.05) is 26.2 Å². The first-order valence-corrected chi connectivity index (χ1v) is 12.1. The molecule has 1 aromatic heterocycles. The lowest BCUT2D eigenvalue weighted by atomic mass is 9.86. The van der Waals surface area contributed by atoms with Gasteiger partial charge in [-0.05, 0) is 51.0 Å². The number of esters is 1. The Bertz CT molecular complexity index is 733. The van der Waals surface area contributed by atoms with Crippen molar-refractivity contribution in [2.45, 2.75) is 49.8 Å². The van der Waals surface area contributed by atoms with Gasteiger partial charge in [-0.1, -0.05) is 6.07 Å². The lowest BCUT2D eigenvalue weighted by molar-refractivity contribution is -0.149. The summed E-state index contributed by atoms with van der Waals surface area (Å²) in [6, 6.07) is 3.53. The molecule has 0 radical (unpaired) electrons. The highest BCUT2D eigenvalue weighted by Gasteiger charge is 2.27. The molecule has 0 spiro atoms. The fourth-order valence-corrected chi connectivity index (χ4v) is 5.14. The summed E-state index contributed by atoms with van der Waals surface area (Å²) >= 11 is 1.19. The van der Waals surface area contributed by atoms with Crippen LogP contribution in [-0.4, -0.2) is 52.6 Å². The number of thiophene rings is 1. The van der Waals surface area contributed by atoms with E-state index in [4.69, 9.17) is 4.74 Å². The number of guanidine groups is 1. The number of aliphatic imine (C=N–C) groups is 1. The average Bonchev–Trinajstić information content (AvgIpc) is 3.22. The minimum Gasteiger partial charge on any atom is -0.466 e. The highest BCUT2D eigenvalue weighted by atomic mass is 127. The van der Waals surface area contributed by atoms with Gasteiger partial charge in [-0.25, -0.2) is 13.1 Å². The van der Waals surface area contributed by atoms with Crippen molar-refractivity contribution >= 4 is 57.3 Å². The van der Waals surface area contributed by atoms with Crippen LogP contribution >= 0.6 is 35.3 Å². The van der Waals surface area contributed by atoms with E-state index in [2.05, 4.69) is 20.3 Å². The van der Waals surface area contributed by atoms with Gasteiger partial charge < -0.3 is 15.4 Å². The number of nitrogens with zero attached hydrogens (tertiary/aromatic N) is 1. The van der Waals surface area contributed by atoms with Gasteiger partial charge in [-0.15, -0.1) is 35.3 Å². The van der Waals surface area contributed by atoms with Crippen molar-refractivity contribution in [1.29, 1.82) is 0 Å². The second-order valence-corrected chi connectivity index (χ2v) is 9.48. The Labute approximate surface area is 194 Å². The van der Waals surface area contributed by atoms with E-state index in [0.29, 0.717) is 29.9 Å². The summed E-state index contributed by atoms with van der Waals surface area (Å²) in [5, 5.41) is 8.30. The molecule has 0 aromatic carbocycles. The molecular weight excluding hydrogens is 527 g/mol. The Balaban J connectivity index is 0.00000420. The third-order valence-corrected chi connectivity index (χ3v) is 7.32. The van der Waals surface area contributed by atoms with Gasteiger partial charge in [-0.2, -0.15) is 0 Å². The molecule has 2 rings (SSSR count). The summed E-state index contributed by atoms with van der Waals surface area (Å²) in [6.45, 7) is 5.50. The van der Waals surface area contributed by atoms with Gasteiger partial charge in [0.1, 0.15) is 4.21 Å². The molecule has 1 aliphatic carbocycles. The molecule has 8 nitrogen and oxygen atoms in total. The van der Waals surface area contributed by atoms with Crippen molar-refractivity contribution in [1.82, 2.24) is 15.4 Å². The number of carbonyl (C=O) groups excluding carboxylic acids is 1. The average molecular weight is 559 g/mol. The van der Waals surface area contributed by atoms with Crippen molar-refractivity contribution in [3.05, 3.63) is 17.5 Å². The third kappa shape index (κ3) is 8.77. The molecule has 1 heterocycles. The number of carbonyl (C=O) groups is 1. The van der Waals surface area contributed by atoms with Crippen molar-refractivity contribution in [2.24, 2.45) is 10.9 Å². The van der Waals surface area contributed by atoms with Crippen LogP contribution in [0.25, 0.3) is 0 Å². The van der Waals surface area contributed by atoms with E-state index >= 15 is 0 Å². The molecule has 1 saturated carbocycles. The number of halogens is 1. The maximum absolute atomic E-state index is 12.1. The minimum absolute atomic E-state index is 0. The standard InChI is InChI=1S/C18H30N4O4S2.HI/c1-3-19-18(20-11-12-21-28(24,25)16-6-5-13-27-16)22-15-9-7-14(8-10-15)17(23)26-4-2;/h5-6,13-15,21H,3-4,7-12H2,1-2H3,(H2,19,20,22);1H. The van der Waals surface area contributed by atoms with Gasteiger partial charge >= 0.3 is 5.97 Å². The van der Waals surface area contributed by atoms with Gasteiger partial charge in [0.2, 0.25) is 10.0 Å². The number of rotatable bonds is 9. The second kappa shape index (κ2) is 13.4. The number of ether oxygens (including phenoxy) is 1. The zero-order chi connectivity index (χ0) is 20.4. The van der Waals surface area contributed by atoms with Crippen LogP contribution in [0.2, 0.25) is 0 Å². The summed E-state index contributed by atoms with van der Waals surface area (Å²) in [7, 11) is -3.46. The minimum atomic E-state index is -3.46. The molecule has 3 N–H and O–H groups in total. The van der Waals surface area contributed by atoms with E-state index in [-0.39, 0.29) is 48.5 Å². The highest BCUT2D eigenvalue weighted by Crippen LogP contribution is 2.25. The molecule has 0 atom stereocenters. The van der Waals surface area contributed by atoms with Crippen LogP contribution in [-0.2, 0) is 19.6 Å². The first kappa shape index (κ1) is 26.1. The third-order valence-electron chi connectivity index (χ3n) is 4.47. The Morgan fingerprint density at radius 2 is 2.00 bits per heavy atom. The SMILES string of the molecule is CCNC(=NCCNS(=O)(=O)c1cccs1)NC1CCC(C(=O)OCC)CC1.I. The molecule has 0 saturated heterocycles. The number of sulfonamides is 1. The normalized spacial score (nSPS) is 19.9. The zero-order valence-corrected chi connectivity index (χ0v) is 20.8. The van der Waals surface area contributed by atoms with Gasteiger partial charge in [-0.3, -0.25) is 9.79 Å². The predicted octanol–water partition coefficient (Wildman–Crippen LogP) is 2.32. The predicted molar refractivity (Wildman–Crippen MR) is 126 cm³/mol. The smallest absolute Gasteiger partial charge is 0.308 e. The first-order valence-electron chi connectivity index (χ1n) is 9.71. The molecule has 1 aromatic rings. The van der Waals surface area contributed by atoms with Crippen LogP contribution in [0.5, 0.6) is 0 Å². The summed E-state index contributed by atoms with van der Waals surface area (Å²) < 4.78 is 32.2. The van der Waals surface area contributed by atoms with Gasteiger partial charge in [0.05, 0.1) is 19.1 Å². The molecule has 29 heavy (non-hydrogen) atoms. The first-order chi connectivity index (χ1) is 13.5. The molecule has 11 heteroatoms. The molecular formula is C18H31IN4O4S2. The van der Waals surface area contributed by atoms with E-state index in [1.807, 2.05) is 13.8 Å². The molecule has 0 bridgehead atoms. The lowest BCUT2D eigenvalue weighted by Crippen LogP contribution is -2.45. The van der Waals surface area contributed by atoms with Crippen molar-refractivity contribution in [3.8, 4) is 0 Å². The molecule has 1 aliphatic rings. The second-order valence-electron chi connectivity index (χ2n) is 6.54. The van der Waals surface area contributed by atoms with E-state index in [9.17, 15) is 13.2 Å². The fourth-order valence-electron chi connectivity index (χ4n) is 3.08. The number of hydrogen-bond donors (Lipinski definition) is 3. The Hall–Kier alpha value is -0.920. The van der Waals surface area contributed by atoms with Crippen molar-refractivity contribution in [3.63, 3.8) is 0 Å². The fraction of sp³-hybridized carbons (Fsp3) is 0.667. The van der Waals surface area contributed by atoms with E-state index < -0.39 is 10.0 Å². The van der Waals surface area contributed by atoms with E-state index in [1.54, 1.807) is 17.5 Å². The van der Waals surface area contributed by atoms with E-state index in [1.165, 1.54) is 11.3 Å². The maximum atomic E-state index is 12.1. The molecule has 166 valence electrons. The van der Waals surface area contributed by atoms with Gasteiger partial charge in [0, 0.05) is 19.1 Å². The van der Waals surface area contributed by atoms with Crippen molar-refractivity contribution < 1.29 is 17.9 Å². The van der Waals surface area contributed by atoms with Crippen LogP contribution in [0.1, 0.15) is 39.5 Å². The highest BCUT2D eigenvalue weighted by molar-refractivity contribution is 14.0. The topological polar surface area (TPSA) is 109 Å². The summed E-state index contributed by atoms with van der Waals surface area (Å²) in [4.78, 5) is 16.3. The van der Waals surface area contributed by atoms with Crippen LogP contribution in [0.3, 0.4) is 0 Å². The molecule has 1 fully saturated rings. The van der Waals surface area contributed by atoms with Crippen LogP contribution in [0.15, 0.2) is 26.7 Å². The molecule has 0 aliphatic heterocycles. The quantitative estimate of drug-likeness (QED) is 0.141. The van der Waals surface area contributed by atoms with Crippen LogP contribution in [0, 0.1) is 5.92 Å². The van der Waals surface area contributed by atoms with E-state index in [0.717, 1.165) is 25.7 Å². The number of hydrogen-bond acceptors (Lipinski definition) is 6. The summed E-state index contributed by atoms with van der Waals surface area (Å²) in [5.41, 5.74) is 0. The number of nitrogens with one attached hydrogen (secondary N) is 3. The molecule has 0 amide bonds. The Morgan fingerprint density at radius 3 is 2.59 bits per heavy atom. The van der Waals surface area contributed by atoms with Crippen LogP contribution < -0.4 is 15.4 Å². The van der Waals surface area contributed by atoms with Gasteiger partial charge in [0.25, 0.3) is 0 Å². The maximum Gasteiger partial charge on any atom is 0.308 e.